The SMILES string of the molecule is CC(=O)OC(C)(C)C.CCc1ccc(CC(=O)OC)cc1. The lowest BCUT2D eigenvalue weighted by atomic mass is 10.1. The fourth-order valence-corrected chi connectivity index (χ4v) is 1.56. The first-order chi connectivity index (χ1) is 9.67. The zero-order valence-electron chi connectivity index (χ0n) is 13.9. The minimum absolute atomic E-state index is 0.191. The zero-order chi connectivity index (χ0) is 16.5. The molecule has 1 aromatic rings. The second-order valence-electron chi connectivity index (χ2n) is 5.63. The average Bonchev–Trinajstić information content (AvgIpc) is 2.37. The van der Waals surface area contributed by atoms with E-state index < -0.39 is 0 Å². The van der Waals surface area contributed by atoms with Crippen LogP contribution in [0.25, 0.3) is 0 Å². The number of ether oxygens (including phenoxy) is 2. The van der Waals surface area contributed by atoms with E-state index in [9.17, 15) is 9.59 Å². The molecule has 0 aromatic heterocycles. The van der Waals surface area contributed by atoms with Gasteiger partial charge in [-0.3, -0.25) is 9.59 Å². The topological polar surface area (TPSA) is 52.6 Å². The van der Waals surface area contributed by atoms with Crippen LogP contribution >= 0.6 is 0 Å². The van der Waals surface area contributed by atoms with Gasteiger partial charge in [-0.1, -0.05) is 31.2 Å². The van der Waals surface area contributed by atoms with Crippen molar-refractivity contribution in [3.8, 4) is 0 Å². The van der Waals surface area contributed by atoms with Crippen molar-refractivity contribution in [3.05, 3.63) is 35.4 Å². The summed E-state index contributed by atoms with van der Waals surface area (Å²) in [4.78, 5) is 21.2. The maximum absolute atomic E-state index is 10.9. The van der Waals surface area contributed by atoms with Gasteiger partial charge in [0.05, 0.1) is 13.5 Å². The zero-order valence-corrected chi connectivity index (χ0v) is 13.9. The standard InChI is InChI=1S/C11H14O2.C6H12O2/c1-3-9-4-6-10(7-5-9)8-11(12)13-2;1-5(7)8-6(2,3)4/h4-7H,3,8H2,1-2H3;1-4H3. The van der Waals surface area contributed by atoms with Gasteiger partial charge in [0, 0.05) is 6.92 Å². The molecule has 0 saturated heterocycles. The van der Waals surface area contributed by atoms with E-state index in [1.807, 2.05) is 45.0 Å². The summed E-state index contributed by atoms with van der Waals surface area (Å²) >= 11 is 0. The predicted octanol–water partition coefficient (Wildman–Crippen LogP) is 3.31. The first-order valence-electron chi connectivity index (χ1n) is 7.02. The van der Waals surface area contributed by atoms with Crippen molar-refractivity contribution in [2.24, 2.45) is 0 Å². The highest BCUT2D eigenvalue weighted by Gasteiger charge is 2.11. The molecule has 0 radical (unpaired) electrons. The Hall–Kier alpha value is -1.84. The summed E-state index contributed by atoms with van der Waals surface area (Å²) in [5.74, 6) is -0.415. The van der Waals surface area contributed by atoms with Gasteiger partial charge in [0.15, 0.2) is 0 Å². The summed E-state index contributed by atoms with van der Waals surface area (Å²) in [7, 11) is 1.41. The third kappa shape index (κ3) is 10.6. The van der Waals surface area contributed by atoms with Crippen LogP contribution in [0.2, 0.25) is 0 Å². The molecule has 118 valence electrons. The molecule has 1 rings (SSSR count). The molecule has 0 fully saturated rings. The van der Waals surface area contributed by atoms with Crippen LogP contribution in [0, 0.1) is 0 Å². The summed E-state index contributed by atoms with van der Waals surface area (Å²) in [6, 6.07) is 8.02. The molecule has 0 bridgehead atoms. The quantitative estimate of drug-likeness (QED) is 0.803. The van der Waals surface area contributed by atoms with Gasteiger partial charge in [-0.25, -0.2) is 0 Å². The number of rotatable bonds is 3. The molecule has 0 aliphatic heterocycles. The molecular weight excluding hydrogens is 268 g/mol. The Bertz CT molecular complexity index is 441. The van der Waals surface area contributed by atoms with Crippen LogP contribution in [-0.2, 0) is 31.9 Å². The van der Waals surface area contributed by atoms with Gasteiger partial charge in [-0.05, 0) is 38.3 Å². The van der Waals surface area contributed by atoms with Crippen molar-refractivity contribution in [3.63, 3.8) is 0 Å². The van der Waals surface area contributed by atoms with Gasteiger partial charge in [0.2, 0.25) is 0 Å². The molecule has 4 nitrogen and oxygen atoms in total. The van der Waals surface area contributed by atoms with Crippen molar-refractivity contribution in [2.45, 2.75) is 53.1 Å². The van der Waals surface area contributed by atoms with E-state index in [-0.39, 0.29) is 17.5 Å². The number of esters is 2. The van der Waals surface area contributed by atoms with E-state index in [1.165, 1.54) is 19.6 Å². The summed E-state index contributed by atoms with van der Waals surface area (Å²) < 4.78 is 9.37. The molecule has 0 unspecified atom stereocenters. The Morgan fingerprint density at radius 2 is 1.52 bits per heavy atom. The van der Waals surface area contributed by atoms with Crippen molar-refractivity contribution in [1.82, 2.24) is 0 Å². The van der Waals surface area contributed by atoms with Crippen molar-refractivity contribution in [2.75, 3.05) is 7.11 Å². The number of hydrogen-bond acceptors (Lipinski definition) is 4. The third-order valence-corrected chi connectivity index (χ3v) is 2.46. The first-order valence-corrected chi connectivity index (χ1v) is 7.02. The smallest absolute Gasteiger partial charge is 0.309 e. The van der Waals surface area contributed by atoms with Crippen LogP contribution in [0.5, 0.6) is 0 Å². The summed E-state index contributed by atoms with van der Waals surface area (Å²) in [5, 5.41) is 0. The summed E-state index contributed by atoms with van der Waals surface area (Å²) in [5.41, 5.74) is 1.96. The van der Waals surface area contributed by atoms with Gasteiger partial charge in [0.1, 0.15) is 5.60 Å². The lowest BCUT2D eigenvalue weighted by Crippen LogP contribution is -2.21. The second kappa shape index (κ2) is 9.16. The Morgan fingerprint density at radius 1 is 1.05 bits per heavy atom. The lowest BCUT2D eigenvalue weighted by Gasteiger charge is -2.17. The molecule has 0 saturated carbocycles. The monoisotopic (exact) mass is 294 g/mol. The Balaban J connectivity index is 0.000000433. The van der Waals surface area contributed by atoms with Crippen LogP contribution in [0.4, 0.5) is 0 Å². The van der Waals surface area contributed by atoms with E-state index in [0.717, 1.165) is 12.0 Å². The number of aryl methyl sites for hydroxylation is 1. The molecule has 0 atom stereocenters. The van der Waals surface area contributed by atoms with Gasteiger partial charge < -0.3 is 9.47 Å². The van der Waals surface area contributed by atoms with Gasteiger partial charge in [0.25, 0.3) is 0 Å². The highest BCUT2D eigenvalue weighted by atomic mass is 16.6. The molecule has 4 heteroatoms. The first kappa shape index (κ1) is 19.2. The highest BCUT2D eigenvalue weighted by Crippen LogP contribution is 2.06. The van der Waals surface area contributed by atoms with Crippen LogP contribution in [0.1, 0.15) is 45.7 Å². The largest absolute Gasteiger partial charge is 0.469 e. The van der Waals surface area contributed by atoms with E-state index in [2.05, 4.69) is 11.7 Å². The summed E-state index contributed by atoms with van der Waals surface area (Å²) in [6.45, 7) is 9.04. The van der Waals surface area contributed by atoms with Crippen LogP contribution in [-0.4, -0.2) is 24.6 Å². The Kier molecular flexibility index (Phi) is 8.36. The molecule has 0 spiro atoms. The number of carbonyl (C=O) groups excluding carboxylic acids is 2. The van der Waals surface area contributed by atoms with Crippen LogP contribution in [0.15, 0.2) is 24.3 Å². The molecule has 1 aromatic carbocycles. The van der Waals surface area contributed by atoms with Crippen LogP contribution < -0.4 is 0 Å². The Labute approximate surface area is 127 Å². The minimum atomic E-state index is -0.328. The Morgan fingerprint density at radius 3 is 1.81 bits per heavy atom. The number of carbonyl (C=O) groups is 2. The average molecular weight is 294 g/mol. The van der Waals surface area contributed by atoms with Crippen molar-refractivity contribution in [1.29, 1.82) is 0 Å². The normalized spacial score (nSPS) is 10.2. The van der Waals surface area contributed by atoms with Crippen LogP contribution in [0.3, 0.4) is 0 Å². The summed E-state index contributed by atoms with van der Waals surface area (Å²) in [6.07, 6.45) is 1.39. The predicted molar refractivity (Wildman–Crippen MR) is 83.1 cm³/mol. The molecule has 0 aliphatic rings. The van der Waals surface area contributed by atoms with Gasteiger partial charge in [-0.15, -0.1) is 0 Å². The lowest BCUT2D eigenvalue weighted by molar-refractivity contribution is -0.151. The minimum Gasteiger partial charge on any atom is -0.469 e. The molecule has 0 aliphatic carbocycles. The number of methoxy groups -OCH3 is 1. The molecule has 21 heavy (non-hydrogen) atoms. The maximum atomic E-state index is 10.9. The van der Waals surface area contributed by atoms with E-state index in [0.29, 0.717) is 6.42 Å². The molecule has 0 heterocycles. The maximum Gasteiger partial charge on any atom is 0.309 e. The fraction of sp³-hybridized carbons (Fsp3) is 0.529. The fourth-order valence-electron chi connectivity index (χ4n) is 1.56. The molecule has 0 N–H and O–H groups in total. The second-order valence-corrected chi connectivity index (χ2v) is 5.63. The number of benzene rings is 1. The third-order valence-electron chi connectivity index (χ3n) is 2.46. The van der Waals surface area contributed by atoms with E-state index in [1.54, 1.807) is 0 Å². The molecular formula is C17H26O4. The van der Waals surface area contributed by atoms with E-state index in [4.69, 9.17) is 4.74 Å². The number of hydrogen-bond donors (Lipinski definition) is 0. The highest BCUT2D eigenvalue weighted by molar-refractivity contribution is 5.72. The van der Waals surface area contributed by atoms with E-state index >= 15 is 0 Å². The van der Waals surface area contributed by atoms with Crippen molar-refractivity contribution >= 4 is 11.9 Å². The van der Waals surface area contributed by atoms with Gasteiger partial charge in [-0.2, -0.15) is 0 Å². The van der Waals surface area contributed by atoms with Gasteiger partial charge >= 0.3 is 11.9 Å². The van der Waals surface area contributed by atoms with Crippen molar-refractivity contribution < 1.29 is 19.1 Å². The molecule has 0 amide bonds.